The standard InChI is InChI=1S/C13H18F3N3O.C2H4/c1-7-5-8(17)11(9(10(7)14)12(15)16)19(18)6-13(20)3-2-4-13;1-2/h5,12,20H,2-4,6,17-18H2,1H3;1-2H2. The summed E-state index contributed by atoms with van der Waals surface area (Å²) in [6.07, 6.45) is -1.10. The lowest BCUT2D eigenvalue weighted by molar-refractivity contribution is -0.0256. The minimum absolute atomic E-state index is 0.0235. The highest BCUT2D eigenvalue weighted by Gasteiger charge is 2.37. The van der Waals surface area contributed by atoms with Crippen molar-refractivity contribution in [1.29, 1.82) is 0 Å². The topological polar surface area (TPSA) is 75.5 Å². The van der Waals surface area contributed by atoms with Crippen molar-refractivity contribution in [3.63, 3.8) is 0 Å². The number of aryl methyl sites for hydroxylation is 1. The number of nitrogen functional groups attached to an aromatic ring is 1. The zero-order valence-electron chi connectivity index (χ0n) is 12.6. The van der Waals surface area contributed by atoms with Crippen molar-refractivity contribution in [2.24, 2.45) is 5.84 Å². The molecule has 124 valence electrons. The molecule has 2 rings (SSSR count). The Kier molecular flexibility index (Phi) is 5.85. The van der Waals surface area contributed by atoms with E-state index in [1.165, 1.54) is 13.0 Å². The molecule has 0 unspecified atom stereocenters. The van der Waals surface area contributed by atoms with Crippen LogP contribution in [0.3, 0.4) is 0 Å². The van der Waals surface area contributed by atoms with Crippen molar-refractivity contribution < 1.29 is 18.3 Å². The number of hydrazine groups is 1. The molecule has 1 aliphatic carbocycles. The molecule has 1 aromatic carbocycles. The lowest BCUT2D eigenvalue weighted by atomic mass is 9.80. The van der Waals surface area contributed by atoms with Gasteiger partial charge in [0, 0.05) is 0 Å². The van der Waals surface area contributed by atoms with Gasteiger partial charge in [0.05, 0.1) is 29.1 Å². The van der Waals surface area contributed by atoms with Crippen LogP contribution < -0.4 is 16.6 Å². The number of benzene rings is 1. The van der Waals surface area contributed by atoms with Crippen LogP contribution in [0.5, 0.6) is 0 Å². The molecule has 4 nitrogen and oxygen atoms in total. The Bertz CT molecular complexity index is 533. The first-order chi connectivity index (χ1) is 10.2. The third-order valence-corrected chi connectivity index (χ3v) is 3.74. The fourth-order valence-electron chi connectivity index (χ4n) is 2.50. The summed E-state index contributed by atoms with van der Waals surface area (Å²) >= 11 is 0. The van der Waals surface area contributed by atoms with Gasteiger partial charge in [0.25, 0.3) is 6.43 Å². The van der Waals surface area contributed by atoms with Crippen LogP contribution in [-0.2, 0) is 0 Å². The number of aliphatic hydroxyl groups is 1. The number of hydrogen-bond donors (Lipinski definition) is 3. The number of alkyl halides is 2. The maximum Gasteiger partial charge on any atom is 0.268 e. The summed E-state index contributed by atoms with van der Waals surface area (Å²) < 4.78 is 40.1. The summed E-state index contributed by atoms with van der Waals surface area (Å²) in [4.78, 5) is 0. The SMILES string of the molecule is C=C.Cc1cc(N)c(N(N)CC2(O)CCC2)c(C(F)F)c1F. The molecule has 1 aliphatic rings. The van der Waals surface area contributed by atoms with Crippen LogP contribution in [0.1, 0.15) is 36.8 Å². The molecule has 1 aromatic rings. The first kappa shape index (κ1) is 18.3. The third kappa shape index (κ3) is 3.53. The van der Waals surface area contributed by atoms with Gasteiger partial charge in [-0.25, -0.2) is 19.0 Å². The normalized spacial score (nSPS) is 15.8. The Morgan fingerprint density at radius 2 is 1.95 bits per heavy atom. The first-order valence-corrected chi connectivity index (χ1v) is 6.86. The molecule has 0 saturated heterocycles. The second kappa shape index (κ2) is 7.02. The van der Waals surface area contributed by atoms with E-state index < -0.39 is 23.4 Å². The Hall–Kier alpha value is -1.73. The molecule has 0 aromatic heterocycles. The van der Waals surface area contributed by atoms with E-state index in [0.29, 0.717) is 12.8 Å². The van der Waals surface area contributed by atoms with Gasteiger partial charge in [-0.3, -0.25) is 0 Å². The maximum atomic E-state index is 13.9. The summed E-state index contributed by atoms with van der Waals surface area (Å²) in [6, 6.07) is 1.27. The fraction of sp³-hybridized carbons (Fsp3) is 0.467. The molecule has 0 spiro atoms. The van der Waals surface area contributed by atoms with Gasteiger partial charge in [-0.1, -0.05) is 0 Å². The molecular formula is C15H22F3N3O. The van der Waals surface area contributed by atoms with Crippen molar-refractivity contribution in [2.45, 2.75) is 38.2 Å². The predicted molar refractivity (Wildman–Crippen MR) is 82.1 cm³/mol. The number of halogens is 3. The van der Waals surface area contributed by atoms with Crippen molar-refractivity contribution in [2.75, 3.05) is 17.3 Å². The van der Waals surface area contributed by atoms with E-state index in [1.54, 1.807) is 0 Å². The number of nitrogens with zero attached hydrogens (tertiary/aromatic N) is 1. The van der Waals surface area contributed by atoms with Crippen molar-refractivity contribution >= 4 is 11.4 Å². The predicted octanol–water partition coefficient (Wildman–Crippen LogP) is 3.05. The van der Waals surface area contributed by atoms with Crippen LogP contribution in [0.4, 0.5) is 24.5 Å². The minimum Gasteiger partial charge on any atom is -0.397 e. The molecule has 22 heavy (non-hydrogen) atoms. The third-order valence-electron chi connectivity index (χ3n) is 3.74. The van der Waals surface area contributed by atoms with Crippen LogP contribution in [0.2, 0.25) is 0 Å². The van der Waals surface area contributed by atoms with E-state index in [9.17, 15) is 18.3 Å². The summed E-state index contributed by atoms with van der Waals surface area (Å²) in [5, 5.41) is 11.0. The molecule has 0 amide bonds. The van der Waals surface area contributed by atoms with Crippen LogP contribution in [0.15, 0.2) is 19.2 Å². The van der Waals surface area contributed by atoms with Gasteiger partial charge in [-0.05, 0) is 37.8 Å². The van der Waals surface area contributed by atoms with Gasteiger partial charge >= 0.3 is 0 Å². The average Bonchev–Trinajstić information content (AvgIpc) is 2.42. The Balaban J connectivity index is 0.00000116. The zero-order valence-corrected chi connectivity index (χ0v) is 12.6. The summed E-state index contributed by atoms with van der Waals surface area (Å²) in [7, 11) is 0. The fourth-order valence-corrected chi connectivity index (χ4v) is 2.50. The molecule has 5 N–H and O–H groups in total. The van der Waals surface area contributed by atoms with E-state index in [2.05, 4.69) is 13.2 Å². The van der Waals surface area contributed by atoms with Gasteiger partial charge in [0.2, 0.25) is 0 Å². The monoisotopic (exact) mass is 317 g/mol. The second-order valence-electron chi connectivity index (χ2n) is 5.37. The van der Waals surface area contributed by atoms with Gasteiger partial charge in [0.1, 0.15) is 5.82 Å². The maximum absolute atomic E-state index is 13.9. The summed E-state index contributed by atoms with van der Waals surface area (Å²) in [5.41, 5.74) is 3.65. The van der Waals surface area contributed by atoms with Gasteiger partial charge in [0.15, 0.2) is 0 Å². The number of rotatable bonds is 4. The molecule has 7 heteroatoms. The first-order valence-electron chi connectivity index (χ1n) is 6.86. The van der Waals surface area contributed by atoms with Gasteiger partial charge < -0.3 is 15.8 Å². The van der Waals surface area contributed by atoms with Crippen molar-refractivity contribution in [1.82, 2.24) is 0 Å². The molecule has 0 heterocycles. The number of nitrogens with two attached hydrogens (primary N) is 2. The highest BCUT2D eigenvalue weighted by atomic mass is 19.3. The van der Waals surface area contributed by atoms with E-state index >= 15 is 0 Å². The number of hydrogen-bond acceptors (Lipinski definition) is 4. The molecular weight excluding hydrogens is 295 g/mol. The highest BCUT2D eigenvalue weighted by Crippen LogP contribution is 2.39. The Morgan fingerprint density at radius 1 is 1.41 bits per heavy atom. The molecule has 1 fully saturated rings. The van der Waals surface area contributed by atoms with Crippen LogP contribution in [-0.4, -0.2) is 17.3 Å². The molecule has 1 saturated carbocycles. The van der Waals surface area contributed by atoms with E-state index in [4.69, 9.17) is 11.6 Å². The van der Waals surface area contributed by atoms with Crippen LogP contribution >= 0.6 is 0 Å². The second-order valence-corrected chi connectivity index (χ2v) is 5.37. The van der Waals surface area contributed by atoms with Crippen molar-refractivity contribution in [3.8, 4) is 0 Å². The van der Waals surface area contributed by atoms with E-state index in [0.717, 1.165) is 11.4 Å². The van der Waals surface area contributed by atoms with Gasteiger partial charge in [-0.15, -0.1) is 13.2 Å². The van der Waals surface area contributed by atoms with E-state index in [-0.39, 0.29) is 23.5 Å². The quantitative estimate of drug-likeness (QED) is 0.345. The van der Waals surface area contributed by atoms with Gasteiger partial charge in [-0.2, -0.15) is 0 Å². The zero-order chi connectivity index (χ0) is 17.1. The Labute approximate surface area is 128 Å². The van der Waals surface area contributed by atoms with Crippen molar-refractivity contribution in [3.05, 3.63) is 36.2 Å². The molecule has 0 radical (unpaired) electrons. The smallest absolute Gasteiger partial charge is 0.268 e. The minimum atomic E-state index is -3.03. The highest BCUT2D eigenvalue weighted by molar-refractivity contribution is 5.73. The summed E-state index contributed by atoms with van der Waals surface area (Å²) in [6.45, 7) is 7.31. The van der Waals surface area contributed by atoms with Crippen LogP contribution in [0, 0.1) is 12.7 Å². The molecule has 0 atom stereocenters. The number of anilines is 2. The molecule has 0 aliphatic heterocycles. The molecule has 0 bridgehead atoms. The van der Waals surface area contributed by atoms with E-state index in [1.807, 2.05) is 0 Å². The Morgan fingerprint density at radius 3 is 2.36 bits per heavy atom. The van der Waals surface area contributed by atoms with Crippen LogP contribution in [0.25, 0.3) is 0 Å². The lowest BCUT2D eigenvalue weighted by Gasteiger charge is -2.40. The largest absolute Gasteiger partial charge is 0.397 e. The summed E-state index contributed by atoms with van der Waals surface area (Å²) in [5.74, 6) is 4.73. The average molecular weight is 317 g/mol. The lowest BCUT2D eigenvalue weighted by Crippen LogP contribution is -2.51.